The molecule has 16 heavy (non-hydrogen) atoms. The molecule has 0 aliphatic heterocycles. The molecule has 2 nitrogen and oxygen atoms in total. The first kappa shape index (κ1) is 13.9. The van der Waals surface area contributed by atoms with Gasteiger partial charge in [-0.2, -0.15) is 0 Å². The van der Waals surface area contributed by atoms with Crippen LogP contribution in [-0.4, -0.2) is 21.8 Å². The summed E-state index contributed by atoms with van der Waals surface area (Å²) in [6.07, 6.45) is 9.91. The van der Waals surface area contributed by atoms with Crippen LogP contribution in [0.1, 0.15) is 39.5 Å². The van der Waals surface area contributed by atoms with E-state index < -0.39 is 8.56 Å². The minimum Gasteiger partial charge on any atom is -0.395 e. The molecule has 1 rings (SSSR count). The van der Waals surface area contributed by atoms with E-state index in [1.165, 1.54) is 25.7 Å². The van der Waals surface area contributed by atoms with Gasteiger partial charge in [0.25, 0.3) is 0 Å². The van der Waals surface area contributed by atoms with E-state index in [1.807, 2.05) is 0 Å². The van der Waals surface area contributed by atoms with Gasteiger partial charge in [0.05, 0.1) is 0 Å². The Labute approximate surface area is 101 Å². The SMILES string of the molecule is CCO[Si](C)(CCC1C=CCCC1)OCC. The van der Waals surface area contributed by atoms with Crippen molar-refractivity contribution in [1.29, 1.82) is 0 Å². The van der Waals surface area contributed by atoms with Crippen molar-refractivity contribution in [3.63, 3.8) is 0 Å². The van der Waals surface area contributed by atoms with Crippen LogP contribution in [0.2, 0.25) is 12.6 Å². The lowest BCUT2D eigenvalue weighted by atomic mass is 9.94. The molecule has 1 atom stereocenters. The monoisotopic (exact) mass is 242 g/mol. The van der Waals surface area contributed by atoms with Crippen LogP contribution in [0, 0.1) is 5.92 Å². The largest absolute Gasteiger partial charge is 0.395 e. The van der Waals surface area contributed by atoms with Crippen molar-refractivity contribution in [2.24, 2.45) is 5.92 Å². The Morgan fingerprint density at radius 3 is 2.44 bits per heavy atom. The fourth-order valence-corrected chi connectivity index (χ4v) is 4.86. The highest BCUT2D eigenvalue weighted by atomic mass is 28.4. The highest BCUT2D eigenvalue weighted by Crippen LogP contribution is 2.26. The smallest absolute Gasteiger partial charge is 0.334 e. The predicted molar refractivity (Wildman–Crippen MR) is 70.8 cm³/mol. The van der Waals surface area contributed by atoms with E-state index >= 15 is 0 Å². The quantitative estimate of drug-likeness (QED) is 0.498. The second-order valence-corrected chi connectivity index (χ2v) is 8.00. The third-order valence-corrected chi connectivity index (χ3v) is 6.22. The third kappa shape index (κ3) is 4.81. The summed E-state index contributed by atoms with van der Waals surface area (Å²) in [5.41, 5.74) is 0. The molecule has 0 N–H and O–H groups in total. The zero-order valence-corrected chi connectivity index (χ0v) is 12.0. The first-order valence-electron chi connectivity index (χ1n) is 6.64. The summed E-state index contributed by atoms with van der Waals surface area (Å²) in [7, 11) is -1.87. The zero-order valence-electron chi connectivity index (χ0n) is 11.0. The number of allylic oxidation sites excluding steroid dienone is 2. The Morgan fingerprint density at radius 1 is 1.25 bits per heavy atom. The van der Waals surface area contributed by atoms with Gasteiger partial charge in [0.2, 0.25) is 0 Å². The highest BCUT2D eigenvalue weighted by molar-refractivity contribution is 6.66. The van der Waals surface area contributed by atoms with Crippen LogP contribution >= 0.6 is 0 Å². The van der Waals surface area contributed by atoms with Crippen LogP contribution in [0.25, 0.3) is 0 Å². The molecule has 0 saturated carbocycles. The molecule has 0 saturated heterocycles. The maximum absolute atomic E-state index is 5.85. The summed E-state index contributed by atoms with van der Waals surface area (Å²) >= 11 is 0. The van der Waals surface area contributed by atoms with E-state index in [4.69, 9.17) is 8.85 Å². The molecule has 0 aromatic rings. The molecule has 0 heterocycles. The molecule has 94 valence electrons. The lowest BCUT2D eigenvalue weighted by Gasteiger charge is -2.27. The first-order valence-corrected chi connectivity index (χ1v) is 9.17. The van der Waals surface area contributed by atoms with Crippen molar-refractivity contribution in [2.45, 2.75) is 52.1 Å². The second-order valence-electron chi connectivity index (χ2n) is 4.66. The molecule has 0 radical (unpaired) electrons. The van der Waals surface area contributed by atoms with E-state index in [-0.39, 0.29) is 0 Å². The van der Waals surface area contributed by atoms with Gasteiger partial charge in [0.15, 0.2) is 0 Å². The predicted octanol–water partition coefficient (Wildman–Crippen LogP) is 3.88. The summed E-state index contributed by atoms with van der Waals surface area (Å²) in [6, 6.07) is 1.13. The first-order chi connectivity index (χ1) is 7.70. The molecule has 1 aliphatic rings. The summed E-state index contributed by atoms with van der Waals surface area (Å²) in [4.78, 5) is 0. The normalized spacial score (nSPS) is 21.3. The Bertz CT molecular complexity index is 210. The molecule has 1 aliphatic carbocycles. The molecular formula is C13H26O2Si. The van der Waals surface area contributed by atoms with Crippen LogP contribution in [0.15, 0.2) is 12.2 Å². The molecular weight excluding hydrogens is 216 g/mol. The van der Waals surface area contributed by atoms with Crippen molar-refractivity contribution >= 4 is 8.56 Å². The molecule has 0 fully saturated rings. The van der Waals surface area contributed by atoms with Gasteiger partial charge in [-0.05, 0) is 58.0 Å². The Balaban J connectivity index is 2.36. The van der Waals surface area contributed by atoms with Crippen LogP contribution in [0.3, 0.4) is 0 Å². The van der Waals surface area contributed by atoms with Crippen molar-refractivity contribution in [2.75, 3.05) is 13.2 Å². The molecule has 3 heteroatoms. The van der Waals surface area contributed by atoms with Crippen molar-refractivity contribution < 1.29 is 8.85 Å². The molecule has 0 bridgehead atoms. The Morgan fingerprint density at radius 2 is 1.94 bits per heavy atom. The van der Waals surface area contributed by atoms with E-state index in [0.29, 0.717) is 0 Å². The topological polar surface area (TPSA) is 18.5 Å². The zero-order chi connectivity index (χ0) is 11.9. The van der Waals surface area contributed by atoms with Crippen LogP contribution in [-0.2, 0) is 8.85 Å². The maximum Gasteiger partial charge on any atom is 0.334 e. The third-order valence-electron chi connectivity index (χ3n) is 3.22. The van der Waals surface area contributed by atoms with Gasteiger partial charge < -0.3 is 8.85 Å². The van der Waals surface area contributed by atoms with Crippen molar-refractivity contribution in [1.82, 2.24) is 0 Å². The number of hydrogen-bond acceptors (Lipinski definition) is 2. The van der Waals surface area contributed by atoms with E-state index in [9.17, 15) is 0 Å². The molecule has 0 aromatic heterocycles. The minimum atomic E-state index is -1.87. The number of hydrogen-bond donors (Lipinski definition) is 0. The van der Waals surface area contributed by atoms with Gasteiger partial charge in [0.1, 0.15) is 0 Å². The van der Waals surface area contributed by atoms with Gasteiger partial charge in [-0.1, -0.05) is 12.2 Å². The molecule has 0 spiro atoms. The van der Waals surface area contributed by atoms with Crippen LogP contribution in [0.4, 0.5) is 0 Å². The second kappa shape index (κ2) is 7.25. The Kier molecular flexibility index (Phi) is 6.32. The lowest BCUT2D eigenvalue weighted by Crippen LogP contribution is -2.39. The van der Waals surface area contributed by atoms with Gasteiger partial charge >= 0.3 is 8.56 Å². The summed E-state index contributed by atoms with van der Waals surface area (Å²) in [5.74, 6) is 0.765. The van der Waals surface area contributed by atoms with Crippen LogP contribution < -0.4 is 0 Å². The maximum atomic E-state index is 5.85. The van der Waals surface area contributed by atoms with E-state index in [2.05, 4.69) is 32.5 Å². The van der Waals surface area contributed by atoms with Crippen molar-refractivity contribution in [3.8, 4) is 0 Å². The number of rotatable bonds is 7. The molecule has 0 aromatic carbocycles. The average Bonchev–Trinajstić information content (AvgIpc) is 2.29. The van der Waals surface area contributed by atoms with Gasteiger partial charge in [-0.25, -0.2) is 0 Å². The summed E-state index contributed by atoms with van der Waals surface area (Å²) in [6.45, 7) is 7.88. The summed E-state index contributed by atoms with van der Waals surface area (Å²) in [5, 5.41) is 0. The molecule has 1 unspecified atom stereocenters. The fourth-order valence-electron chi connectivity index (χ4n) is 2.37. The Hall–Kier alpha value is -0.123. The average molecular weight is 242 g/mol. The molecule has 0 amide bonds. The fraction of sp³-hybridized carbons (Fsp3) is 0.846. The summed E-state index contributed by atoms with van der Waals surface area (Å²) < 4.78 is 11.7. The van der Waals surface area contributed by atoms with Crippen LogP contribution in [0.5, 0.6) is 0 Å². The van der Waals surface area contributed by atoms with Gasteiger partial charge in [0, 0.05) is 13.2 Å². The minimum absolute atomic E-state index is 0.765. The highest BCUT2D eigenvalue weighted by Gasteiger charge is 2.31. The van der Waals surface area contributed by atoms with Crippen molar-refractivity contribution in [3.05, 3.63) is 12.2 Å². The van der Waals surface area contributed by atoms with Gasteiger partial charge in [-0.15, -0.1) is 0 Å². The lowest BCUT2D eigenvalue weighted by molar-refractivity contribution is 0.187. The standard InChI is InChI=1S/C13H26O2Si/c1-4-14-16(3,15-5-2)12-11-13-9-7-6-8-10-13/h7,9,13H,4-6,8,10-12H2,1-3H3. The van der Waals surface area contributed by atoms with Gasteiger partial charge in [-0.3, -0.25) is 0 Å². The van der Waals surface area contributed by atoms with E-state index in [0.717, 1.165) is 25.2 Å². The van der Waals surface area contributed by atoms with E-state index in [1.54, 1.807) is 0 Å².